The molecule has 0 radical (unpaired) electrons. The molecule has 2 nitrogen and oxygen atoms in total. The third-order valence-electron chi connectivity index (χ3n) is 1.34. The monoisotopic (exact) mass is 257 g/mol. The summed E-state index contributed by atoms with van der Waals surface area (Å²) in [5, 5.41) is 0.729. The van der Waals surface area contributed by atoms with Gasteiger partial charge in [0.05, 0.1) is 5.56 Å². The zero-order valence-corrected chi connectivity index (χ0v) is 7.67. The molecule has 0 aliphatic carbocycles. The van der Waals surface area contributed by atoms with Gasteiger partial charge < -0.3 is 9.17 Å². The maximum Gasteiger partial charge on any atom is 1.00 e. The number of hydrogen-bond acceptors (Lipinski definition) is 2. The van der Waals surface area contributed by atoms with Gasteiger partial charge in [-0.05, 0) is 6.07 Å². The Morgan fingerprint density at radius 2 is 2.00 bits per heavy atom. The van der Waals surface area contributed by atoms with Crippen molar-refractivity contribution in [3.05, 3.63) is 34.6 Å². The second-order valence-corrected chi connectivity index (χ2v) is 2.79. The molecule has 11 heavy (non-hydrogen) atoms. The maximum atomic E-state index is 10.9. The van der Waals surface area contributed by atoms with Gasteiger partial charge >= 0.3 is 22.4 Å². The minimum absolute atomic E-state index is 0. The van der Waals surface area contributed by atoms with Gasteiger partial charge in [0, 0.05) is 10.1 Å². The first kappa shape index (κ1) is 8.74. The average Bonchev–Trinajstić information content (AvgIpc) is 2.34. The van der Waals surface area contributed by atoms with E-state index >= 15 is 0 Å². The molecule has 1 heterocycles. The van der Waals surface area contributed by atoms with Crippen molar-refractivity contribution in [3.63, 3.8) is 0 Å². The van der Waals surface area contributed by atoms with Crippen LogP contribution in [0.3, 0.4) is 0 Å². The zero-order chi connectivity index (χ0) is 6.97. The fraction of sp³-hybridized carbons (Fsp3) is 0. The van der Waals surface area contributed by atoms with Gasteiger partial charge in [0.1, 0.15) is 0 Å². The molecular weight excluding hydrogens is 254 g/mol. The summed E-state index contributed by atoms with van der Waals surface area (Å²) in [6.07, 6.45) is 0. The summed E-state index contributed by atoms with van der Waals surface area (Å²) in [6.45, 7) is 0. The van der Waals surface area contributed by atoms with Gasteiger partial charge in [0.15, 0.2) is 0 Å². The molecule has 2 rings (SSSR count). The normalized spacial score (nSPS) is 9.45. The Balaban J connectivity index is 0.000000605. The van der Waals surface area contributed by atoms with E-state index in [1.165, 1.54) is 11.5 Å². The quantitative estimate of drug-likeness (QED) is 0.665. The smallest absolute Gasteiger partial charge is 0.576 e. The number of fused-ring (bicyclic) bond motifs is 1. The molecular formula is C7H4AgNOS. The molecule has 0 unspecified atom stereocenters. The fourth-order valence-corrected chi connectivity index (χ4v) is 1.54. The van der Waals surface area contributed by atoms with E-state index < -0.39 is 0 Å². The van der Waals surface area contributed by atoms with Crippen molar-refractivity contribution >= 4 is 21.6 Å². The number of rotatable bonds is 0. The summed E-state index contributed by atoms with van der Waals surface area (Å²) in [6, 6.07) is 7.44. The molecule has 4 heteroatoms. The van der Waals surface area contributed by atoms with Crippen LogP contribution >= 0.6 is 11.5 Å². The standard InChI is InChI=1S/C7H5NOS.Ag/c9-7-5-3-1-2-4-6(5)10-8-7;/h1-4H,(H,8,9);/q;+1/p-1. The minimum Gasteiger partial charge on any atom is -0.576 e. The summed E-state index contributed by atoms with van der Waals surface area (Å²) in [5.74, 6) is 0. The van der Waals surface area contributed by atoms with Crippen LogP contribution in [0, 0.1) is 0 Å². The van der Waals surface area contributed by atoms with Crippen molar-refractivity contribution in [2.45, 2.75) is 0 Å². The van der Waals surface area contributed by atoms with Gasteiger partial charge in [-0.25, -0.2) is 0 Å². The molecule has 0 amide bonds. The Morgan fingerprint density at radius 3 is 2.73 bits per heavy atom. The van der Waals surface area contributed by atoms with Crippen molar-refractivity contribution < 1.29 is 22.4 Å². The van der Waals surface area contributed by atoms with Crippen molar-refractivity contribution in [1.29, 1.82) is 0 Å². The molecule has 2 aromatic rings. The molecule has 0 saturated heterocycles. The first-order valence-corrected chi connectivity index (χ1v) is 3.67. The van der Waals surface area contributed by atoms with Crippen molar-refractivity contribution in [2.24, 2.45) is 0 Å². The third-order valence-corrected chi connectivity index (χ3v) is 2.15. The predicted octanol–water partition coefficient (Wildman–Crippen LogP) is 1.22. The van der Waals surface area contributed by atoms with Crippen LogP contribution in [0.5, 0.6) is 0 Å². The number of nitrogens with zero attached hydrogens (tertiary/aromatic N) is 1. The van der Waals surface area contributed by atoms with E-state index in [1.54, 1.807) is 6.07 Å². The first-order chi connectivity index (χ1) is 4.88. The Morgan fingerprint density at radius 1 is 1.27 bits per heavy atom. The van der Waals surface area contributed by atoms with Crippen molar-refractivity contribution in [1.82, 2.24) is 4.37 Å². The van der Waals surface area contributed by atoms with Crippen LogP contribution in [-0.4, -0.2) is 0 Å². The Labute approximate surface area is 82.9 Å². The molecule has 0 spiro atoms. The summed E-state index contributed by atoms with van der Waals surface area (Å²) in [7, 11) is 0. The van der Waals surface area contributed by atoms with E-state index in [0.29, 0.717) is 0 Å². The number of aromatic nitrogens is 1. The van der Waals surface area contributed by atoms with Gasteiger partial charge in [0.25, 0.3) is 0 Å². The number of hydrogen-bond donors (Lipinski definition) is 0. The largest absolute Gasteiger partial charge is 1.00 e. The summed E-state index contributed by atoms with van der Waals surface area (Å²) >= 11 is 1.25. The topological polar surface area (TPSA) is 31.2 Å². The van der Waals surface area contributed by atoms with Crippen LogP contribution in [0.25, 0.3) is 10.1 Å². The first-order valence-electron chi connectivity index (χ1n) is 2.89. The van der Waals surface area contributed by atoms with Gasteiger partial charge in [-0.3, -0.25) is 11.5 Å². The third kappa shape index (κ3) is 1.46. The van der Waals surface area contributed by atoms with E-state index in [1.807, 2.05) is 18.2 Å². The Kier molecular flexibility index (Phi) is 2.67. The van der Waals surface area contributed by atoms with E-state index in [2.05, 4.69) is 4.37 Å². The predicted molar refractivity (Wildman–Crippen MR) is 41.4 cm³/mol. The fourth-order valence-electron chi connectivity index (χ4n) is 0.863. The molecule has 0 N–H and O–H groups in total. The number of benzene rings is 1. The molecule has 0 aliphatic rings. The van der Waals surface area contributed by atoms with Crippen LogP contribution in [0.2, 0.25) is 0 Å². The van der Waals surface area contributed by atoms with Crippen LogP contribution in [0.4, 0.5) is 0 Å². The van der Waals surface area contributed by atoms with Gasteiger partial charge in [-0.2, -0.15) is 0 Å². The maximum absolute atomic E-state index is 10.9. The van der Waals surface area contributed by atoms with Crippen LogP contribution < -0.4 is 9.93 Å². The summed E-state index contributed by atoms with van der Waals surface area (Å²) in [4.78, 5) is 10.9. The van der Waals surface area contributed by atoms with E-state index in [4.69, 9.17) is 0 Å². The van der Waals surface area contributed by atoms with Gasteiger partial charge in [-0.1, -0.05) is 18.2 Å². The van der Waals surface area contributed by atoms with E-state index in [0.717, 1.165) is 10.1 Å². The van der Waals surface area contributed by atoms with Crippen molar-refractivity contribution in [2.75, 3.05) is 0 Å². The molecule has 0 fully saturated rings. The minimum atomic E-state index is -0.111. The summed E-state index contributed by atoms with van der Waals surface area (Å²) < 4.78 is 4.65. The molecule has 1 aromatic carbocycles. The Hall–Kier alpha value is -0.350. The average molecular weight is 258 g/mol. The van der Waals surface area contributed by atoms with E-state index in [-0.39, 0.29) is 27.9 Å². The van der Waals surface area contributed by atoms with Gasteiger partial charge in [-0.15, -0.1) is 0 Å². The zero-order valence-electron chi connectivity index (χ0n) is 5.37. The molecule has 0 atom stereocenters. The van der Waals surface area contributed by atoms with Gasteiger partial charge in [0.2, 0.25) is 0 Å². The Bertz CT molecular complexity index is 406. The molecule has 0 bridgehead atoms. The second-order valence-electron chi connectivity index (χ2n) is 1.98. The second kappa shape index (κ2) is 3.36. The molecule has 60 valence electrons. The SMILES string of the molecule is O=c1[n-]sc2ccccc12.[Ag+]. The van der Waals surface area contributed by atoms with Crippen LogP contribution in [-0.2, 0) is 22.4 Å². The molecule has 1 aromatic heterocycles. The van der Waals surface area contributed by atoms with E-state index in [9.17, 15) is 4.79 Å². The van der Waals surface area contributed by atoms with Crippen molar-refractivity contribution in [3.8, 4) is 0 Å². The summed E-state index contributed by atoms with van der Waals surface area (Å²) in [5.41, 5.74) is -0.111. The van der Waals surface area contributed by atoms with Crippen LogP contribution in [0.1, 0.15) is 0 Å². The molecule has 0 saturated carbocycles. The molecule has 0 aliphatic heterocycles. The van der Waals surface area contributed by atoms with Crippen LogP contribution in [0.15, 0.2) is 29.1 Å².